The van der Waals surface area contributed by atoms with E-state index < -0.39 is 0 Å². The summed E-state index contributed by atoms with van der Waals surface area (Å²) in [6.45, 7) is 2.19. The van der Waals surface area contributed by atoms with Crippen molar-refractivity contribution in [2.75, 3.05) is 19.4 Å². The van der Waals surface area contributed by atoms with Crippen molar-refractivity contribution < 1.29 is 14.9 Å². The number of ether oxygens (including phenoxy) is 1. The van der Waals surface area contributed by atoms with Gasteiger partial charge in [0, 0.05) is 49.1 Å². The van der Waals surface area contributed by atoms with Crippen LogP contribution in [-0.4, -0.2) is 38.7 Å². The van der Waals surface area contributed by atoms with E-state index in [4.69, 9.17) is 15.5 Å². The van der Waals surface area contributed by atoms with Gasteiger partial charge >= 0.3 is 0 Å². The Morgan fingerprint density at radius 1 is 1.18 bits per heavy atom. The first-order chi connectivity index (χ1) is 13.5. The molecule has 28 heavy (non-hydrogen) atoms. The molecule has 2 heterocycles. The molecule has 0 amide bonds. The fraction of sp³-hybridized carbons (Fsp3) is 0.238. The van der Waals surface area contributed by atoms with Crippen LogP contribution in [0.15, 0.2) is 42.6 Å². The standard InChI is InChI=1S/C21H22N4O3/c1-28-19-9-13(8-18(26)20(19)27)11-25-7-6-17-15(12-25)10-23-21(24-17)14-2-4-16(22)5-3-14/h2-5,8-10,26-27H,6-7,11-12,22H2,1H3. The number of methoxy groups -OCH3 is 1. The SMILES string of the molecule is COc1cc(CN2CCc3nc(-c4ccc(N)cc4)ncc3C2)cc(O)c1O. The number of nitrogen functional groups attached to an aromatic ring is 1. The van der Waals surface area contributed by atoms with Gasteiger partial charge in [0.05, 0.1) is 12.8 Å². The second kappa shape index (κ2) is 7.36. The number of phenolic OH excluding ortho intramolecular Hbond substituents is 2. The fourth-order valence-electron chi connectivity index (χ4n) is 3.43. The van der Waals surface area contributed by atoms with Crippen molar-refractivity contribution in [1.29, 1.82) is 0 Å². The van der Waals surface area contributed by atoms with Crippen molar-refractivity contribution in [2.24, 2.45) is 0 Å². The van der Waals surface area contributed by atoms with Gasteiger partial charge in [-0.05, 0) is 42.0 Å². The Morgan fingerprint density at radius 3 is 2.71 bits per heavy atom. The molecule has 4 N–H and O–H groups in total. The number of nitrogens with two attached hydrogens (primary N) is 1. The molecule has 144 valence electrons. The van der Waals surface area contributed by atoms with E-state index in [2.05, 4.69) is 9.88 Å². The fourth-order valence-corrected chi connectivity index (χ4v) is 3.43. The van der Waals surface area contributed by atoms with Gasteiger partial charge in [-0.2, -0.15) is 0 Å². The summed E-state index contributed by atoms with van der Waals surface area (Å²) in [5.74, 6) is 0.561. The lowest BCUT2D eigenvalue weighted by Gasteiger charge is -2.28. The molecule has 2 aromatic carbocycles. The molecule has 4 rings (SSSR count). The Labute approximate surface area is 163 Å². The Kier molecular flexibility index (Phi) is 4.75. The van der Waals surface area contributed by atoms with Crippen LogP contribution in [0.2, 0.25) is 0 Å². The van der Waals surface area contributed by atoms with Crippen molar-refractivity contribution in [3.8, 4) is 28.6 Å². The van der Waals surface area contributed by atoms with E-state index in [0.717, 1.165) is 41.9 Å². The molecule has 3 aromatic rings. The Balaban J connectivity index is 1.51. The highest BCUT2D eigenvalue weighted by molar-refractivity contribution is 5.59. The van der Waals surface area contributed by atoms with Crippen LogP contribution in [0.1, 0.15) is 16.8 Å². The van der Waals surface area contributed by atoms with E-state index in [1.165, 1.54) is 7.11 Å². The lowest BCUT2D eigenvalue weighted by molar-refractivity contribution is 0.242. The summed E-state index contributed by atoms with van der Waals surface area (Å²) >= 11 is 0. The van der Waals surface area contributed by atoms with Gasteiger partial charge in [0.2, 0.25) is 5.75 Å². The third kappa shape index (κ3) is 3.57. The van der Waals surface area contributed by atoms with Gasteiger partial charge in [-0.15, -0.1) is 0 Å². The van der Waals surface area contributed by atoms with Crippen LogP contribution < -0.4 is 10.5 Å². The highest BCUT2D eigenvalue weighted by Crippen LogP contribution is 2.36. The smallest absolute Gasteiger partial charge is 0.200 e. The monoisotopic (exact) mass is 378 g/mol. The van der Waals surface area contributed by atoms with E-state index in [1.807, 2.05) is 30.5 Å². The summed E-state index contributed by atoms with van der Waals surface area (Å²) < 4.78 is 5.12. The van der Waals surface area contributed by atoms with Gasteiger partial charge in [0.25, 0.3) is 0 Å². The van der Waals surface area contributed by atoms with Gasteiger partial charge < -0.3 is 20.7 Å². The summed E-state index contributed by atoms with van der Waals surface area (Å²) in [6, 6.07) is 10.9. The summed E-state index contributed by atoms with van der Waals surface area (Å²) in [6.07, 6.45) is 2.70. The minimum Gasteiger partial charge on any atom is -0.504 e. The number of nitrogens with zero attached hydrogens (tertiary/aromatic N) is 3. The van der Waals surface area contributed by atoms with Crippen LogP contribution in [-0.2, 0) is 19.5 Å². The van der Waals surface area contributed by atoms with E-state index in [9.17, 15) is 10.2 Å². The number of anilines is 1. The molecule has 7 nitrogen and oxygen atoms in total. The first kappa shape index (κ1) is 18.1. The molecule has 0 bridgehead atoms. The molecular formula is C21H22N4O3. The van der Waals surface area contributed by atoms with Gasteiger partial charge in [-0.25, -0.2) is 9.97 Å². The van der Waals surface area contributed by atoms with E-state index in [0.29, 0.717) is 18.1 Å². The number of fused-ring (bicyclic) bond motifs is 1. The number of hydrogen-bond acceptors (Lipinski definition) is 7. The minimum absolute atomic E-state index is 0.178. The maximum Gasteiger partial charge on any atom is 0.200 e. The van der Waals surface area contributed by atoms with Crippen molar-refractivity contribution >= 4 is 5.69 Å². The molecule has 0 fully saturated rings. The third-order valence-corrected chi connectivity index (χ3v) is 4.92. The number of aromatic nitrogens is 2. The summed E-state index contributed by atoms with van der Waals surface area (Å²) in [5.41, 5.74) is 10.4. The molecule has 0 aliphatic carbocycles. The molecule has 0 radical (unpaired) electrons. The number of phenols is 2. The van der Waals surface area contributed by atoms with Crippen molar-refractivity contribution in [2.45, 2.75) is 19.5 Å². The van der Waals surface area contributed by atoms with Crippen molar-refractivity contribution in [3.63, 3.8) is 0 Å². The molecule has 7 heteroatoms. The predicted octanol–water partition coefficient (Wildman–Crippen LogP) is 2.70. The summed E-state index contributed by atoms with van der Waals surface area (Å²) in [5, 5.41) is 19.7. The molecule has 0 saturated heterocycles. The van der Waals surface area contributed by atoms with Gasteiger partial charge in [0.1, 0.15) is 0 Å². The van der Waals surface area contributed by atoms with Crippen LogP contribution in [0.5, 0.6) is 17.2 Å². The molecule has 0 saturated carbocycles. The zero-order valence-corrected chi connectivity index (χ0v) is 15.6. The maximum absolute atomic E-state index is 9.88. The third-order valence-electron chi connectivity index (χ3n) is 4.92. The van der Waals surface area contributed by atoms with Crippen LogP contribution in [0.4, 0.5) is 5.69 Å². The zero-order chi connectivity index (χ0) is 19.7. The lowest BCUT2D eigenvalue weighted by Crippen LogP contribution is -2.31. The summed E-state index contributed by atoms with van der Waals surface area (Å²) in [4.78, 5) is 11.5. The second-order valence-electron chi connectivity index (χ2n) is 6.91. The Morgan fingerprint density at radius 2 is 1.96 bits per heavy atom. The average molecular weight is 378 g/mol. The van der Waals surface area contributed by atoms with Crippen LogP contribution in [0.3, 0.4) is 0 Å². The Hall–Kier alpha value is -3.32. The first-order valence-corrected chi connectivity index (χ1v) is 9.05. The maximum atomic E-state index is 9.88. The van der Waals surface area contributed by atoms with Crippen LogP contribution in [0.25, 0.3) is 11.4 Å². The quantitative estimate of drug-likeness (QED) is 0.473. The minimum atomic E-state index is -0.237. The molecular weight excluding hydrogens is 356 g/mol. The van der Waals surface area contributed by atoms with Gasteiger partial charge in [-0.1, -0.05) is 0 Å². The molecule has 1 aromatic heterocycles. The Bertz CT molecular complexity index is 1010. The highest BCUT2D eigenvalue weighted by atomic mass is 16.5. The lowest BCUT2D eigenvalue weighted by atomic mass is 10.1. The van der Waals surface area contributed by atoms with Crippen molar-refractivity contribution in [1.82, 2.24) is 14.9 Å². The number of benzene rings is 2. The van der Waals surface area contributed by atoms with E-state index in [1.54, 1.807) is 12.1 Å². The predicted molar refractivity (Wildman–Crippen MR) is 106 cm³/mol. The molecule has 0 atom stereocenters. The molecule has 0 spiro atoms. The average Bonchev–Trinajstić information content (AvgIpc) is 2.70. The number of aromatic hydroxyl groups is 2. The molecule has 1 aliphatic rings. The largest absolute Gasteiger partial charge is 0.504 e. The van der Waals surface area contributed by atoms with Crippen LogP contribution >= 0.6 is 0 Å². The second-order valence-corrected chi connectivity index (χ2v) is 6.91. The zero-order valence-electron chi connectivity index (χ0n) is 15.6. The highest BCUT2D eigenvalue weighted by Gasteiger charge is 2.20. The first-order valence-electron chi connectivity index (χ1n) is 9.05. The number of rotatable bonds is 4. The van der Waals surface area contributed by atoms with Gasteiger partial charge in [-0.3, -0.25) is 4.90 Å². The van der Waals surface area contributed by atoms with E-state index >= 15 is 0 Å². The topological polar surface area (TPSA) is 105 Å². The van der Waals surface area contributed by atoms with Gasteiger partial charge in [0.15, 0.2) is 17.3 Å². The van der Waals surface area contributed by atoms with Crippen LogP contribution in [0, 0.1) is 0 Å². The van der Waals surface area contributed by atoms with E-state index in [-0.39, 0.29) is 17.2 Å². The number of hydrogen-bond donors (Lipinski definition) is 3. The molecule has 0 unspecified atom stereocenters. The normalized spacial score (nSPS) is 13.9. The summed E-state index contributed by atoms with van der Waals surface area (Å²) in [7, 11) is 1.46. The molecule has 1 aliphatic heterocycles. The van der Waals surface area contributed by atoms with Crippen molar-refractivity contribution in [3.05, 3.63) is 59.4 Å².